The summed E-state index contributed by atoms with van der Waals surface area (Å²) in [7, 11) is 0. The van der Waals surface area contributed by atoms with Crippen molar-refractivity contribution in [3.05, 3.63) is 34.6 Å². The summed E-state index contributed by atoms with van der Waals surface area (Å²) in [5.41, 5.74) is 6.13. The second-order valence-electron chi connectivity index (χ2n) is 3.41. The lowest BCUT2D eigenvalue weighted by Gasteiger charge is -2.07. The van der Waals surface area contributed by atoms with E-state index in [1.807, 2.05) is 0 Å². The van der Waals surface area contributed by atoms with Gasteiger partial charge >= 0.3 is 5.97 Å². The van der Waals surface area contributed by atoms with Crippen molar-refractivity contribution in [2.75, 3.05) is 6.61 Å². The minimum absolute atomic E-state index is 0.124. The molecule has 0 saturated heterocycles. The number of nitrogens with zero attached hydrogens (tertiary/aromatic N) is 1. The van der Waals surface area contributed by atoms with Crippen LogP contribution in [0.15, 0.2) is 12.1 Å². The van der Waals surface area contributed by atoms with Crippen LogP contribution < -0.4 is 5.73 Å². The van der Waals surface area contributed by atoms with Crippen LogP contribution in [-0.4, -0.2) is 12.6 Å². The van der Waals surface area contributed by atoms with Crippen LogP contribution in [0.25, 0.3) is 0 Å². The van der Waals surface area contributed by atoms with Gasteiger partial charge in [-0.05, 0) is 24.1 Å². The summed E-state index contributed by atoms with van der Waals surface area (Å²) >= 11 is 0. The minimum Gasteiger partial charge on any atom is -0.466 e. The number of esters is 1. The number of carbonyl (C=O) groups is 1. The minimum atomic E-state index is -0.658. The van der Waals surface area contributed by atoms with Crippen LogP contribution >= 0.6 is 0 Å². The van der Waals surface area contributed by atoms with E-state index in [1.54, 1.807) is 19.1 Å². The Balaban J connectivity index is 3.08. The Morgan fingerprint density at radius 3 is 2.82 bits per heavy atom. The van der Waals surface area contributed by atoms with Crippen molar-refractivity contribution in [2.45, 2.75) is 19.9 Å². The van der Waals surface area contributed by atoms with Gasteiger partial charge in [0.15, 0.2) is 0 Å². The quantitative estimate of drug-likeness (QED) is 0.798. The van der Waals surface area contributed by atoms with Gasteiger partial charge in [-0.1, -0.05) is 6.07 Å². The number of ether oxygens (including phenoxy) is 1. The topological polar surface area (TPSA) is 76.1 Å². The predicted octanol–water partition coefficient (Wildman–Crippen LogP) is 1.26. The van der Waals surface area contributed by atoms with Crippen molar-refractivity contribution < 1.29 is 13.9 Å². The molecule has 0 aliphatic heterocycles. The van der Waals surface area contributed by atoms with Crippen molar-refractivity contribution in [3.63, 3.8) is 0 Å². The molecule has 4 nitrogen and oxygen atoms in total. The second kappa shape index (κ2) is 5.97. The van der Waals surface area contributed by atoms with Gasteiger partial charge in [0.1, 0.15) is 11.9 Å². The maximum Gasteiger partial charge on any atom is 0.310 e. The first-order valence-corrected chi connectivity index (χ1v) is 5.19. The van der Waals surface area contributed by atoms with Gasteiger partial charge in [-0.2, -0.15) is 5.26 Å². The molecule has 0 saturated carbocycles. The highest BCUT2D eigenvalue weighted by Gasteiger charge is 2.14. The average molecular weight is 236 g/mol. The van der Waals surface area contributed by atoms with Crippen LogP contribution in [0.1, 0.15) is 23.6 Å². The third-order valence-electron chi connectivity index (χ3n) is 2.22. The molecule has 0 heterocycles. The zero-order chi connectivity index (χ0) is 12.8. The van der Waals surface area contributed by atoms with E-state index in [1.165, 1.54) is 6.07 Å². The van der Waals surface area contributed by atoms with Crippen LogP contribution in [0.2, 0.25) is 0 Å². The summed E-state index contributed by atoms with van der Waals surface area (Å²) in [5.74, 6) is -1.15. The summed E-state index contributed by atoms with van der Waals surface area (Å²) in [6, 6.07) is 4.49. The van der Waals surface area contributed by atoms with Crippen LogP contribution in [0.5, 0.6) is 0 Å². The molecular weight excluding hydrogens is 223 g/mol. The zero-order valence-corrected chi connectivity index (χ0v) is 9.50. The largest absolute Gasteiger partial charge is 0.466 e. The summed E-state index contributed by atoms with van der Waals surface area (Å²) in [4.78, 5) is 11.3. The first-order valence-electron chi connectivity index (χ1n) is 5.19. The highest BCUT2D eigenvalue weighted by atomic mass is 19.1. The van der Waals surface area contributed by atoms with E-state index >= 15 is 0 Å². The van der Waals surface area contributed by atoms with Gasteiger partial charge in [-0.3, -0.25) is 4.79 Å². The molecule has 0 amide bonds. The van der Waals surface area contributed by atoms with Crippen LogP contribution in [-0.2, 0) is 22.5 Å². The summed E-state index contributed by atoms with van der Waals surface area (Å²) < 4.78 is 18.3. The maximum absolute atomic E-state index is 13.5. The maximum atomic E-state index is 13.5. The lowest BCUT2D eigenvalue weighted by molar-refractivity contribution is -0.142. The molecule has 1 aromatic carbocycles. The van der Waals surface area contributed by atoms with Crippen molar-refractivity contribution in [2.24, 2.45) is 5.73 Å². The average Bonchev–Trinajstić information content (AvgIpc) is 2.28. The van der Waals surface area contributed by atoms with Crippen molar-refractivity contribution in [1.82, 2.24) is 0 Å². The fourth-order valence-corrected chi connectivity index (χ4v) is 1.48. The lowest BCUT2D eigenvalue weighted by Crippen LogP contribution is -2.10. The number of halogens is 1. The summed E-state index contributed by atoms with van der Waals surface area (Å²) in [5, 5.41) is 8.83. The molecule has 1 aromatic rings. The number of rotatable bonds is 4. The van der Waals surface area contributed by atoms with Gasteiger partial charge < -0.3 is 10.5 Å². The SMILES string of the molecule is CCOC(=O)Cc1cc(CN)cc(F)c1C#N. The number of hydrogen-bond donors (Lipinski definition) is 1. The molecular formula is C12H13FN2O2. The Kier molecular flexibility index (Phi) is 4.61. The van der Waals surface area contributed by atoms with E-state index in [9.17, 15) is 9.18 Å². The molecule has 0 unspecified atom stereocenters. The Morgan fingerprint density at radius 1 is 1.59 bits per heavy atom. The van der Waals surface area contributed by atoms with Gasteiger partial charge in [-0.15, -0.1) is 0 Å². The molecule has 0 radical (unpaired) electrons. The number of nitrogens with two attached hydrogens (primary N) is 1. The number of benzene rings is 1. The standard InChI is InChI=1S/C12H13FN2O2/c1-2-17-12(16)5-9-3-8(6-14)4-11(13)10(9)7-15/h3-4H,2,5-6,14H2,1H3. The van der Waals surface area contributed by atoms with Crippen molar-refractivity contribution in [3.8, 4) is 6.07 Å². The third-order valence-corrected chi connectivity index (χ3v) is 2.22. The predicted molar refractivity (Wildman–Crippen MR) is 59.3 cm³/mol. The third kappa shape index (κ3) is 3.26. The molecule has 90 valence electrons. The van der Waals surface area contributed by atoms with Crippen LogP contribution in [0.4, 0.5) is 4.39 Å². The lowest BCUT2D eigenvalue weighted by atomic mass is 10.0. The number of nitriles is 1. The second-order valence-corrected chi connectivity index (χ2v) is 3.41. The molecule has 0 aromatic heterocycles. The van der Waals surface area contributed by atoms with Crippen LogP contribution in [0.3, 0.4) is 0 Å². The number of hydrogen-bond acceptors (Lipinski definition) is 4. The Bertz CT molecular complexity index is 466. The van der Waals surface area contributed by atoms with E-state index in [4.69, 9.17) is 15.7 Å². The highest BCUT2D eigenvalue weighted by molar-refractivity contribution is 5.73. The molecule has 5 heteroatoms. The van der Waals surface area contributed by atoms with E-state index in [-0.39, 0.29) is 25.1 Å². The van der Waals surface area contributed by atoms with Gasteiger partial charge in [0.25, 0.3) is 0 Å². The normalized spacial score (nSPS) is 9.76. The monoisotopic (exact) mass is 236 g/mol. The summed E-state index contributed by atoms with van der Waals surface area (Å²) in [6.07, 6.45) is -0.124. The fourth-order valence-electron chi connectivity index (χ4n) is 1.48. The van der Waals surface area contributed by atoms with Gasteiger partial charge in [0.05, 0.1) is 18.6 Å². The van der Waals surface area contributed by atoms with Crippen LogP contribution in [0, 0.1) is 17.1 Å². The molecule has 2 N–H and O–H groups in total. The Morgan fingerprint density at radius 2 is 2.29 bits per heavy atom. The zero-order valence-electron chi connectivity index (χ0n) is 9.50. The fraction of sp³-hybridized carbons (Fsp3) is 0.333. The number of carbonyl (C=O) groups excluding carboxylic acids is 1. The molecule has 1 rings (SSSR count). The first kappa shape index (κ1) is 13.1. The molecule has 0 aliphatic carbocycles. The van der Waals surface area contributed by atoms with Crippen molar-refractivity contribution in [1.29, 1.82) is 5.26 Å². The molecule has 0 atom stereocenters. The van der Waals surface area contributed by atoms with E-state index < -0.39 is 11.8 Å². The smallest absolute Gasteiger partial charge is 0.310 e. The Labute approximate surface area is 98.8 Å². The van der Waals surface area contributed by atoms with E-state index in [2.05, 4.69) is 0 Å². The molecule has 0 spiro atoms. The van der Waals surface area contributed by atoms with Gasteiger partial charge in [0.2, 0.25) is 0 Å². The van der Waals surface area contributed by atoms with Crippen molar-refractivity contribution >= 4 is 5.97 Å². The molecule has 0 aliphatic rings. The first-order chi connectivity index (χ1) is 8.12. The molecule has 17 heavy (non-hydrogen) atoms. The molecule has 0 fully saturated rings. The van der Waals surface area contributed by atoms with Gasteiger partial charge in [-0.25, -0.2) is 4.39 Å². The van der Waals surface area contributed by atoms with E-state index in [0.717, 1.165) is 0 Å². The van der Waals surface area contributed by atoms with E-state index in [0.29, 0.717) is 11.1 Å². The Hall–Kier alpha value is -1.93. The summed E-state index contributed by atoms with van der Waals surface area (Å²) in [6.45, 7) is 2.08. The molecule has 0 bridgehead atoms. The highest BCUT2D eigenvalue weighted by Crippen LogP contribution is 2.17. The van der Waals surface area contributed by atoms with Gasteiger partial charge in [0, 0.05) is 6.54 Å².